The third-order valence-corrected chi connectivity index (χ3v) is 5.56. The molecule has 1 heterocycles. The van der Waals surface area contributed by atoms with Crippen LogP contribution in [-0.2, 0) is 10.3 Å². The van der Waals surface area contributed by atoms with Crippen LogP contribution in [0.4, 0.5) is 9.18 Å². The highest BCUT2D eigenvalue weighted by Crippen LogP contribution is 2.54. The lowest BCUT2D eigenvalue weighted by Gasteiger charge is -2.48. The van der Waals surface area contributed by atoms with Crippen molar-refractivity contribution < 1.29 is 19.0 Å². The summed E-state index contributed by atoms with van der Waals surface area (Å²) in [6.07, 6.45) is 1.68. The molecule has 1 unspecified atom stereocenters. The molecule has 1 atom stereocenters. The minimum atomic E-state index is -1.02. The molecule has 26 heavy (non-hydrogen) atoms. The van der Waals surface area contributed by atoms with Crippen LogP contribution in [0.1, 0.15) is 70.9 Å². The Morgan fingerprint density at radius 1 is 1.23 bits per heavy atom. The van der Waals surface area contributed by atoms with Crippen molar-refractivity contribution in [2.75, 3.05) is 13.1 Å². The van der Waals surface area contributed by atoms with Crippen LogP contribution in [0, 0.1) is 11.2 Å². The summed E-state index contributed by atoms with van der Waals surface area (Å²) in [5.41, 5.74) is -0.0561. The van der Waals surface area contributed by atoms with Crippen LogP contribution in [-0.4, -0.2) is 34.8 Å². The van der Waals surface area contributed by atoms with E-state index in [2.05, 4.69) is 0 Å². The van der Waals surface area contributed by atoms with E-state index in [9.17, 15) is 14.3 Å². The van der Waals surface area contributed by atoms with Crippen LogP contribution < -0.4 is 0 Å². The Balaban J connectivity index is 1.70. The van der Waals surface area contributed by atoms with Crippen molar-refractivity contribution in [2.24, 2.45) is 5.41 Å². The van der Waals surface area contributed by atoms with E-state index in [1.54, 1.807) is 4.90 Å². The molecule has 1 aromatic rings. The third-order valence-electron chi connectivity index (χ3n) is 5.56. The molecule has 2 aliphatic rings. The van der Waals surface area contributed by atoms with Gasteiger partial charge < -0.3 is 14.7 Å². The molecule has 144 valence electrons. The van der Waals surface area contributed by atoms with Crippen LogP contribution in [0.2, 0.25) is 0 Å². The van der Waals surface area contributed by atoms with E-state index in [0.29, 0.717) is 31.5 Å². The van der Waals surface area contributed by atoms with Gasteiger partial charge >= 0.3 is 6.09 Å². The van der Waals surface area contributed by atoms with Crippen molar-refractivity contribution >= 4 is 6.09 Å². The van der Waals surface area contributed by atoms with E-state index < -0.39 is 11.2 Å². The van der Waals surface area contributed by atoms with Gasteiger partial charge in [-0.25, -0.2) is 9.18 Å². The van der Waals surface area contributed by atoms with Crippen molar-refractivity contribution in [1.29, 1.82) is 0 Å². The Morgan fingerprint density at radius 2 is 1.88 bits per heavy atom. The Labute approximate surface area is 155 Å². The van der Waals surface area contributed by atoms with Crippen LogP contribution in [0.25, 0.3) is 0 Å². The summed E-state index contributed by atoms with van der Waals surface area (Å²) in [5.74, 6) is -0.0978. The van der Waals surface area contributed by atoms with Crippen molar-refractivity contribution in [3.63, 3.8) is 0 Å². The molecular weight excluding hydrogens is 333 g/mol. The SMILES string of the molecule is CC(C)c1cc(F)cc(C2(O)CCC3(CN(C(=O)OC(C)(C)C)C3)C2)c1. The highest BCUT2D eigenvalue weighted by atomic mass is 19.1. The maximum Gasteiger partial charge on any atom is 0.410 e. The molecule has 0 radical (unpaired) electrons. The fraction of sp³-hybridized carbons (Fsp3) is 0.667. The quantitative estimate of drug-likeness (QED) is 0.838. The van der Waals surface area contributed by atoms with E-state index in [-0.39, 0.29) is 23.2 Å². The van der Waals surface area contributed by atoms with Gasteiger partial charge in [-0.05, 0) is 69.2 Å². The lowest BCUT2D eigenvalue weighted by atomic mass is 9.76. The van der Waals surface area contributed by atoms with Crippen LogP contribution >= 0.6 is 0 Å². The number of aliphatic hydroxyl groups is 1. The number of rotatable bonds is 2. The zero-order valence-corrected chi connectivity index (χ0v) is 16.4. The predicted octanol–water partition coefficient (Wildman–Crippen LogP) is 4.56. The summed E-state index contributed by atoms with van der Waals surface area (Å²) in [6.45, 7) is 10.8. The topological polar surface area (TPSA) is 49.8 Å². The highest BCUT2D eigenvalue weighted by Gasteiger charge is 2.55. The lowest BCUT2D eigenvalue weighted by Crippen LogP contribution is -2.58. The Hall–Kier alpha value is -1.62. The number of likely N-dealkylation sites (tertiary alicyclic amines) is 1. The molecule has 0 aromatic heterocycles. The first kappa shape index (κ1) is 19.2. The van der Waals surface area contributed by atoms with E-state index in [1.807, 2.05) is 40.7 Å². The molecule has 3 rings (SSSR count). The maximum atomic E-state index is 14.0. The van der Waals surface area contributed by atoms with Gasteiger partial charge in [0.05, 0.1) is 5.60 Å². The molecule has 1 aliphatic heterocycles. The second-order valence-electron chi connectivity index (χ2n) is 9.47. The van der Waals surface area contributed by atoms with Crippen LogP contribution in [0.5, 0.6) is 0 Å². The summed E-state index contributed by atoms with van der Waals surface area (Å²) in [6, 6.07) is 4.92. The van der Waals surface area contributed by atoms with Gasteiger partial charge in [-0.2, -0.15) is 0 Å². The molecule has 1 amide bonds. The molecule has 2 fully saturated rings. The maximum absolute atomic E-state index is 14.0. The van der Waals surface area contributed by atoms with Gasteiger partial charge in [-0.1, -0.05) is 19.9 Å². The van der Waals surface area contributed by atoms with E-state index in [4.69, 9.17) is 4.74 Å². The van der Waals surface area contributed by atoms with Crippen molar-refractivity contribution in [3.05, 3.63) is 35.1 Å². The van der Waals surface area contributed by atoms with Gasteiger partial charge in [-0.3, -0.25) is 0 Å². The first-order chi connectivity index (χ1) is 11.9. The van der Waals surface area contributed by atoms with Gasteiger partial charge in [0.15, 0.2) is 0 Å². The van der Waals surface area contributed by atoms with Gasteiger partial charge in [0.1, 0.15) is 11.4 Å². The zero-order valence-electron chi connectivity index (χ0n) is 16.4. The van der Waals surface area contributed by atoms with Gasteiger partial charge in [0, 0.05) is 18.5 Å². The smallest absolute Gasteiger partial charge is 0.410 e. The molecular formula is C21H30FNO3. The first-order valence-corrected chi connectivity index (χ1v) is 9.43. The van der Waals surface area contributed by atoms with Crippen molar-refractivity contribution in [3.8, 4) is 0 Å². The molecule has 1 aliphatic carbocycles. The van der Waals surface area contributed by atoms with Gasteiger partial charge in [0.2, 0.25) is 0 Å². The molecule has 1 spiro atoms. The molecule has 1 saturated carbocycles. The molecule has 4 nitrogen and oxygen atoms in total. The number of benzene rings is 1. The second-order valence-corrected chi connectivity index (χ2v) is 9.47. The number of carbonyl (C=O) groups is 1. The van der Waals surface area contributed by atoms with Crippen LogP contribution in [0.3, 0.4) is 0 Å². The average Bonchev–Trinajstić information content (AvgIpc) is 2.83. The zero-order chi connectivity index (χ0) is 19.3. The molecule has 1 saturated heterocycles. The van der Waals surface area contributed by atoms with Crippen molar-refractivity contribution in [1.82, 2.24) is 4.90 Å². The standard InChI is InChI=1S/C21H30FNO3/c1-14(2)15-8-16(10-17(22)9-15)21(25)7-6-20(11-21)12-23(13-20)18(24)26-19(3,4)5/h8-10,14,25H,6-7,11-13H2,1-5H3. The number of carbonyl (C=O) groups excluding carboxylic acids is 1. The number of hydrogen-bond donors (Lipinski definition) is 1. The Kier molecular flexibility index (Phi) is 4.58. The van der Waals surface area contributed by atoms with Crippen molar-refractivity contribution in [2.45, 2.75) is 71.0 Å². The minimum absolute atomic E-state index is 0.0873. The number of halogens is 1. The fourth-order valence-corrected chi connectivity index (χ4v) is 4.22. The molecule has 1 N–H and O–H groups in total. The summed E-state index contributed by atoms with van der Waals surface area (Å²) in [7, 11) is 0. The third kappa shape index (κ3) is 3.73. The number of nitrogens with zero attached hydrogens (tertiary/aromatic N) is 1. The number of ether oxygens (including phenoxy) is 1. The lowest BCUT2D eigenvalue weighted by molar-refractivity contribution is -0.0479. The van der Waals surface area contributed by atoms with E-state index in [0.717, 1.165) is 12.0 Å². The summed E-state index contributed by atoms with van der Waals surface area (Å²) < 4.78 is 19.5. The fourth-order valence-electron chi connectivity index (χ4n) is 4.22. The number of amides is 1. The van der Waals surface area contributed by atoms with E-state index >= 15 is 0 Å². The largest absolute Gasteiger partial charge is 0.444 e. The minimum Gasteiger partial charge on any atom is -0.444 e. The average molecular weight is 363 g/mol. The summed E-state index contributed by atoms with van der Waals surface area (Å²) in [4.78, 5) is 13.9. The monoisotopic (exact) mass is 363 g/mol. The Morgan fingerprint density at radius 3 is 2.46 bits per heavy atom. The first-order valence-electron chi connectivity index (χ1n) is 9.43. The van der Waals surface area contributed by atoms with Gasteiger partial charge in [-0.15, -0.1) is 0 Å². The number of hydrogen-bond acceptors (Lipinski definition) is 3. The van der Waals surface area contributed by atoms with E-state index in [1.165, 1.54) is 12.1 Å². The Bertz CT molecular complexity index is 704. The highest BCUT2D eigenvalue weighted by molar-refractivity contribution is 5.69. The van der Waals surface area contributed by atoms with Crippen LogP contribution in [0.15, 0.2) is 18.2 Å². The molecule has 0 bridgehead atoms. The second kappa shape index (κ2) is 6.22. The molecule has 1 aromatic carbocycles. The normalized spacial score (nSPS) is 24.8. The molecule has 5 heteroatoms. The van der Waals surface area contributed by atoms with Gasteiger partial charge in [0.25, 0.3) is 0 Å². The summed E-state index contributed by atoms with van der Waals surface area (Å²) >= 11 is 0. The summed E-state index contributed by atoms with van der Waals surface area (Å²) in [5, 5.41) is 11.2. The predicted molar refractivity (Wildman–Crippen MR) is 98.5 cm³/mol.